The molecule has 0 atom stereocenters. The average Bonchev–Trinajstić information content (AvgIpc) is 2.43. The lowest BCUT2D eigenvalue weighted by Gasteiger charge is -2.24. The van der Waals surface area contributed by atoms with Gasteiger partial charge in [-0.2, -0.15) is 0 Å². The van der Waals surface area contributed by atoms with Gasteiger partial charge in [0.2, 0.25) is 0 Å². The van der Waals surface area contributed by atoms with E-state index in [0.29, 0.717) is 25.1 Å². The summed E-state index contributed by atoms with van der Waals surface area (Å²) >= 11 is 0. The zero-order valence-corrected chi connectivity index (χ0v) is 12.9. The van der Waals surface area contributed by atoms with Crippen LogP contribution in [0.15, 0.2) is 18.2 Å². The summed E-state index contributed by atoms with van der Waals surface area (Å²) in [5.74, 6) is -0.858. The van der Waals surface area contributed by atoms with Gasteiger partial charge in [-0.05, 0) is 30.9 Å². The first-order valence-corrected chi connectivity index (χ1v) is 7.09. The predicted molar refractivity (Wildman–Crippen MR) is 79.9 cm³/mol. The zero-order valence-electron chi connectivity index (χ0n) is 12.9. The van der Waals surface area contributed by atoms with E-state index in [-0.39, 0.29) is 23.4 Å². The molecule has 0 amide bonds. The van der Waals surface area contributed by atoms with Gasteiger partial charge in [0.1, 0.15) is 0 Å². The number of benzene rings is 1. The number of hydrogen-bond donors (Lipinski definition) is 2. The van der Waals surface area contributed by atoms with Gasteiger partial charge in [-0.25, -0.2) is 4.39 Å². The molecule has 0 radical (unpaired) electrons. The van der Waals surface area contributed by atoms with Gasteiger partial charge >= 0.3 is 5.97 Å². The summed E-state index contributed by atoms with van der Waals surface area (Å²) < 4.78 is 18.9. The predicted octanol–water partition coefficient (Wildman–Crippen LogP) is 3.21. The molecule has 4 nitrogen and oxygen atoms in total. The van der Waals surface area contributed by atoms with E-state index in [1.165, 1.54) is 7.11 Å². The normalized spacial score (nSPS) is 11.4. The van der Waals surface area contributed by atoms with Crippen molar-refractivity contribution in [2.75, 3.05) is 13.7 Å². The number of carboxylic acids is 1. The standard InChI is InChI=1S/C16H24FNO3/c1-16(2,8-7-14(19)20)9-10-18-11-12-5-4-6-13(21-3)15(12)17/h4-6,18H,7-11H2,1-3H3,(H,19,20). The Morgan fingerprint density at radius 2 is 2.10 bits per heavy atom. The number of nitrogens with one attached hydrogen (secondary N) is 1. The first kappa shape index (κ1) is 17.4. The van der Waals surface area contributed by atoms with Gasteiger partial charge in [0.25, 0.3) is 0 Å². The number of rotatable bonds is 9. The number of carboxylic acid groups (broad SMARTS) is 1. The van der Waals surface area contributed by atoms with E-state index in [4.69, 9.17) is 9.84 Å². The summed E-state index contributed by atoms with van der Waals surface area (Å²) in [5, 5.41) is 11.9. The maximum atomic E-state index is 13.9. The lowest BCUT2D eigenvalue weighted by molar-refractivity contribution is -0.137. The Hall–Kier alpha value is -1.62. The molecule has 0 spiro atoms. The molecule has 118 valence electrons. The third kappa shape index (κ3) is 6.12. The van der Waals surface area contributed by atoms with Crippen molar-refractivity contribution in [2.24, 2.45) is 5.41 Å². The third-order valence-electron chi connectivity index (χ3n) is 3.57. The minimum Gasteiger partial charge on any atom is -0.494 e. The second-order valence-electron chi connectivity index (χ2n) is 5.92. The monoisotopic (exact) mass is 297 g/mol. The maximum absolute atomic E-state index is 13.9. The number of methoxy groups -OCH3 is 1. The van der Waals surface area contributed by atoms with Crippen LogP contribution in [0.25, 0.3) is 0 Å². The molecule has 0 aliphatic heterocycles. The molecular weight excluding hydrogens is 273 g/mol. The molecule has 0 aliphatic rings. The molecule has 1 rings (SSSR count). The van der Waals surface area contributed by atoms with E-state index >= 15 is 0 Å². The number of hydrogen-bond acceptors (Lipinski definition) is 3. The average molecular weight is 297 g/mol. The minimum absolute atomic E-state index is 0.0433. The minimum atomic E-state index is -0.769. The summed E-state index contributed by atoms with van der Waals surface area (Å²) in [6.07, 6.45) is 1.65. The van der Waals surface area contributed by atoms with E-state index in [0.717, 1.165) is 6.42 Å². The molecule has 0 fully saturated rings. The van der Waals surface area contributed by atoms with Gasteiger partial charge in [-0.3, -0.25) is 4.79 Å². The second kappa shape index (κ2) is 7.98. The molecule has 0 bridgehead atoms. The fourth-order valence-corrected chi connectivity index (χ4v) is 2.07. The van der Waals surface area contributed by atoms with Gasteiger partial charge in [0.05, 0.1) is 7.11 Å². The van der Waals surface area contributed by atoms with E-state index in [1.807, 2.05) is 13.8 Å². The van der Waals surface area contributed by atoms with Gasteiger partial charge in [0.15, 0.2) is 11.6 Å². The number of aliphatic carboxylic acids is 1. The van der Waals surface area contributed by atoms with Crippen LogP contribution in [0.1, 0.15) is 38.7 Å². The van der Waals surface area contributed by atoms with E-state index < -0.39 is 5.97 Å². The molecule has 21 heavy (non-hydrogen) atoms. The Morgan fingerprint density at radius 3 is 2.71 bits per heavy atom. The molecule has 2 N–H and O–H groups in total. The largest absolute Gasteiger partial charge is 0.494 e. The summed E-state index contributed by atoms with van der Waals surface area (Å²) in [4.78, 5) is 10.6. The first-order valence-electron chi connectivity index (χ1n) is 7.09. The Balaban J connectivity index is 2.39. The van der Waals surface area contributed by atoms with Crippen LogP contribution in [0, 0.1) is 11.2 Å². The van der Waals surface area contributed by atoms with Gasteiger partial charge in [-0.15, -0.1) is 0 Å². The van der Waals surface area contributed by atoms with Crippen molar-refractivity contribution in [1.29, 1.82) is 0 Å². The van der Waals surface area contributed by atoms with Gasteiger partial charge in [-0.1, -0.05) is 26.0 Å². The Labute approximate surface area is 125 Å². The third-order valence-corrected chi connectivity index (χ3v) is 3.57. The van der Waals surface area contributed by atoms with Crippen LogP contribution >= 0.6 is 0 Å². The van der Waals surface area contributed by atoms with Crippen molar-refractivity contribution in [2.45, 2.75) is 39.7 Å². The molecule has 0 saturated heterocycles. The highest BCUT2D eigenvalue weighted by Gasteiger charge is 2.18. The molecule has 0 unspecified atom stereocenters. The summed E-state index contributed by atoms with van der Waals surface area (Å²) in [6.45, 7) is 5.23. The summed E-state index contributed by atoms with van der Waals surface area (Å²) in [5.41, 5.74) is 0.524. The first-order chi connectivity index (χ1) is 9.85. The molecule has 5 heteroatoms. The smallest absolute Gasteiger partial charge is 0.303 e. The molecule has 1 aromatic rings. The van der Waals surface area contributed by atoms with Crippen LogP contribution in [0.3, 0.4) is 0 Å². The Kier molecular flexibility index (Phi) is 6.62. The van der Waals surface area contributed by atoms with Crippen LogP contribution in [0.4, 0.5) is 4.39 Å². The van der Waals surface area contributed by atoms with E-state index in [9.17, 15) is 9.18 Å². The maximum Gasteiger partial charge on any atom is 0.303 e. The molecular formula is C16H24FNO3. The fourth-order valence-electron chi connectivity index (χ4n) is 2.07. The van der Waals surface area contributed by atoms with Crippen LogP contribution in [-0.4, -0.2) is 24.7 Å². The van der Waals surface area contributed by atoms with Crippen molar-refractivity contribution in [1.82, 2.24) is 5.32 Å². The van der Waals surface area contributed by atoms with Crippen molar-refractivity contribution >= 4 is 5.97 Å². The lowest BCUT2D eigenvalue weighted by atomic mass is 9.84. The molecule has 0 saturated carbocycles. The number of halogens is 1. The molecule has 1 aromatic carbocycles. The van der Waals surface area contributed by atoms with E-state index in [2.05, 4.69) is 5.32 Å². The molecule has 0 aromatic heterocycles. The number of carbonyl (C=O) groups is 1. The SMILES string of the molecule is COc1cccc(CNCCC(C)(C)CCC(=O)O)c1F. The fraction of sp³-hybridized carbons (Fsp3) is 0.562. The Morgan fingerprint density at radius 1 is 1.38 bits per heavy atom. The van der Waals surface area contributed by atoms with Crippen molar-refractivity contribution in [3.05, 3.63) is 29.6 Å². The van der Waals surface area contributed by atoms with Crippen LogP contribution < -0.4 is 10.1 Å². The molecule has 0 aliphatic carbocycles. The summed E-state index contributed by atoms with van der Waals surface area (Å²) in [7, 11) is 1.45. The summed E-state index contributed by atoms with van der Waals surface area (Å²) in [6, 6.07) is 5.07. The van der Waals surface area contributed by atoms with Crippen molar-refractivity contribution < 1.29 is 19.0 Å². The zero-order chi connectivity index (χ0) is 15.9. The topological polar surface area (TPSA) is 58.6 Å². The second-order valence-corrected chi connectivity index (χ2v) is 5.92. The highest BCUT2D eigenvalue weighted by molar-refractivity contribution is 5.66. The van der Waals surface area contributed by atoms with Crippen LogP contribution in [-0.2, 0) is 11.3 Å². The lowest BCUT2D eigenvalue weighted by Crippen LogP contribution is -2.23. The van der Waals surface area contributed by atoms with Crippen LogP contribution in [0.5, 0.6) is 5.75 Å². The quantitative estimate of drug-likeness (QED) is 0.687. The van der Waals surface area contributed by atoms with Crippen molar-refractivity contribution in [3.8, 4) is 5.75 Å². The molecule has 0 heterocycles. The van der Waals surface area contributed by atoms with Crippen molar-refractivity contribution in [3.63, 3.8) is 0 Å². The highest BCUT2D eigenvalue weighted by atomic mass is 19.1. The highest BCUT2D eigenvalue weighted by Crippen LogP contribution is 2.26. The van der Waals surface area contributed by atoms with Gasteiger partial charge < -0.3 is 15.2 Å². The number of ether oxygens (including phenoxy) is 1. The Bertz CT molecular complexity index is 475. The van der Waals surface area contributed by atoms with Gasteiger partial charge in [0, 0.05) is 18.5 Å². The van der Waals surface area contributed by atoms with E-state index in [1.54, 1.807) is 18.2 Å². The van der Waals surface area contributed by atoms with Crippen LogP contribution in [0.2, 0.25) is 0 Å².